The van der Waals surface area contributed by atoms with Crippen molar-refractivity contribution in [1.82, 2.24) is 9.80 Å². The standard InChI is InChI=1S/C28H50N2O/c1-8-11-12-13-14-17-27(31)30(24(4)16-15-22-29(9-2)10-3)23-25-18-20-26(21-19-25)28(5,6)7/h18-21,24H,8-17,22-23H2,1-7H3. The van der Waals surface area contributed by atoms with Gasteiger partial charge in [-0.3, -0.25) is 4.79 Å². The summed E-state index contributed by atoms with van der Waals surface area (Å²) in [6.07, 6.45) is 8.86. The number of benzene rings is 1. The van der Waals surface area contributed by atoms with Crippen LogP contribution in [0.1, 0.15) is 111 Å². The molecule has 0 bridgehead atoms. The van der Waals surface area contributed by atoms with Crippen LogP contribution in [0.4, 0.5) is 0 Å². The van der Waals surface area contributed by atoms with Crippen molar-refractivity contribution in [3.8, 4) is 0 Å². The lowest BCUT2D eigenvalue weighted by molar-refractivity contribution is -0.134. The smallest absolute Gasteiger partial charge is 0.223 e. The lowest BCUT2D eigenvalue weighted by Gasteiger charge is -2.31. The van der Waals surface area contributed by atoms with Crippen LogP contribution in [0.3, 0.4) is 0 Å². The van der Waals surface area contributed by atoms with Gasteiger partial charge in [0.1, 0.15) is 0 Å². The number of carbonyl (C=O) groups excluding carboxylic acids is 1. The van der Waals surface area contributed by atoms with E-state index >= 15 is 0 Å². The van der Waals surface area contributed by atoms with Gasteiger partial charge in [-0.25, -0.2) is 0 Å². The van der Waals surface area contributed by atoms with Gasteiger partial charge in [0.15, 0.2) is 0 Å². The first-order valence-corrected chi connectivity index (χ1v) is 12.8. The van der Waals surface area contributed by atoms with Crippen molar-refractivity contribution in [2.24, 2.45) is 0 Å². The van der Waals surface area contributed by atoms with Crippen LogP contribution in [-0.4, -0.2) is 41.4 Å². The molecule has 3 nitrogen and oxygen atoms in total. The van der Waals surface area contributed by atoms with E-state index in [0.29, 0.717) is 12.3 Å². The van der Waals surface area contributed by atoms with Crippen molar-refractivity contribution >= 4 is 5.91 Å². The van der Waals surface area contributed by atoms with Crippen molar-refractivity contribution in [1.29, 1.82) is 0 Å². The van der Waals surface area contributed by atoms with Crippen molar-refractivity contribution in [3.05, 3.63) is 35.4 Å². The summed E-state index contributed by atoms with van der Waals surface area (Å²) < 4.78 is 0. The van der Waals surface area contributed by atoms with E-state index in [4.69, 9.17) is 0 Å². The van der Waals surface area contributed by atoms with Crippen LogP contribution in [0.15, 0.2) is 24.3 Å². The molecule has 0 heterocycles. The fraction of sp³-hybridized carbons (Fsp3) is 0.750. The van der Waals surface area contributed by atoms with Crippen LogP contribution in [0.25, 0.3) is 0 Å². The summed E-state index contributed by atoms with van der Waals surface area (Å²) in [7, 11) is 0. The highest BCUT2D eigenvalue weighted by atomic mass is 16.2. The molecule has 0 aromatic heterocycles. The van der Waals surface area contributed by atoms with E-state index in [-0.39, 0.29) is 11.5 Å². The van der Waals surface area contributed by atoms with E-state index < -0.39 is 0 Å². The number of unbranched alkanes of at least 4 members (excludes halogenated alkanes) is 4. The summed E-state index contributed by atoms with van der Waals surface area (Å²) in [5.41, 5.74) is 2.74. The number of hydrogen-bond acceptors (Lipinski definition) is 2. The van der Waals surface area contributed by atoms with Crippen LogP contribution in [-0.2, 0) is 16.8 Å². The van der Waals surface area contributed by atoms with Crippen LogP contribution in [0, 0.1) is 0 Å². The number of carbonyl (C=O) groups is 1. The fourth-order valence-corrected chi connectivity index (χ4v) is 4.13. The maximum absolute atomic E-state index is 13.2. The Kier molecular flexibility index (Phi) is 13.1. The molecule has 31 heavy (non-hydrogen) atoms. The minimum atomic E-state index is 0.157. The second-order valence-corrected chi connectivity index (χ2v) is 10.2. The van der Waals surface area contributed by atoms with E-state index in [9.17, 15) is 4.79 Å². The summed E-state index contributed by atoms with van der Waals surface area (Å²) in [4.78, 5) is 17.8. The second kappa shape index (κ2) is 14.7. The van der Waals surface area contributed by atoms with E-state index in [1.807, 2.05) is 0 Å². The third kappa shape index (κ3) is 10.7. The van der Waals surface area contributed by atoms with Gasteiger partial charge in [-0.05, 0) is 62.4 Å². The molecule has 0 aliphatic heterocycles. The zero-order chi connectivity index (χ0) is 23.3. The fourth-order valence-electron chi connectivity index (χ4n) is 4.13. The van der Waals surface area contributed by atoms with Gasteiger partial charge in [0.25, 0.3) is 0 Å². The van der Waals surface area contributed by atoms with Gasteiger partial charge in [0.2, 0.25) is 5.91 Å². The third-order valence-corrected chi connectivity index (χ3v) is 6.51. The second-order valence-electron chi connectivity index (χ2n) is 10.2. The van der Waals surface area contributed by atoms with E-state index in [1.165, 1.54) is 36.8 Å². The number of rotatable bonds is 15. The Hall–Kier alpha value is -1.35. The normalized spacial score (nSPS) is 12.9. The first-order chi connectivity index (χ1) is 14.7. The molecule has 0 saturated heterocycles. The van der Waals surface area contributed by atoms with Gasteiger partial charge in [-0.1, -0.05) is 91.5 Å². The van der Waals surface area contributed by atoms with Crippen molar-refractivity contribution in [2.75, 3.05) is 19.6 Å². The van der Waals surface area contributed by atoms with Crippen LogP contribution < -0.4 is 0 Å². The topological polar surface area (TPSA) is 23.6 Å². The SMILES string of the molecule is CCCCCCCC(=O)N(Cc1ccc(C(C)(C)C)cc1)C(C)CCCN(CC)CC. The molecule has 1 aromatic rings. The molecule has 0 aliphatic carbocycles. The summed E-state index contributed by atoms with van der Waals surface area (Å²) >= 11 is 0. The highest BCUT2D eigenvalue weighted by molar-refractivity contribution is 5.76. The van der Waals surface area contributed by atoms with E-state index in [1.54, 1.807) is 0 Å². The summed E-state index contributed by atoms with van der Waals surface area (Å²) in [5, 5.41) is 0. The molecule has 1 atom stereocenters. The Labute approximate surface area is 193 Å². The zero-order valence-corrected chi connectivity index (χ0v) is 21.7. The van der Waals surface area contributed by atoms with Crippen LogP contribution in [0.2, 0.25) is 0 Å². The van der Waals surface area contributed by atoms with Gasteiger partial charge < -0.3 is 9.80 Å². The van der Waals surface area contributed by atoms with Crippen molar-refractivity contribution in [2.45, 2.75) is 118 Å². The van der Waals surface area contributed by atoms with Gasteiger partial charge in [-0.2, -0.15) is 0 Å². The van der Waals surface area contributed by atoms with Gasteiger partial charge in [0, 0.05) is 19.0 Å². The molecule has 1 amide bonds. The van der Waals surface area contributed by atoms with Crippen LogP contribution in [0.5, 0.6) is 0 Å². The predicted octanol–water partition coefficient (Wildman–Crippen LogP) is 7.18. The molecule has 0 fully saturated rings. The average Bonchev–Trinajstić information content (AvgIpc) is 2.74. The monoisotopic (exact) mass is 430 g/mol. The van der Waals surface area contributed by atoms with E-state index in [2.05, 4.69) is 82.5 Å². The lowest BCUT2D eigenvalue weighted by atomic mass is 9.86. The molecule has 1 rings (SSSR count). The summed E-state index contributed by atoms with van der Waals surface area (Å²) in [6, 6.07) is 9.16. The van der Waals surface area contributed by atoms with Gasteiger partial charge in [0.05, 0.1) is 0 Å². The minimum absolute atomic E-state index is 0.157. The molecule has 0 spiro atoms. The van der Waals surface area contributed by atoms with Crippen molar-refractivity contribution < 1.29 is 4.79 Å². The van der Waals surface area contributed by atoms with Crippen molar-refractivity contribution in [3.63, 3.8) is 0 Å². The summed E-state index contributed by atoms with van der Waals surface area (Å²) in [5.74, 6) is 0.326. The first kappa shape index (κ1) is 27.7. The summed E-state index contributed by atoms with van der Waals surface area (Å²) in [6.45, 7) is 19.7. The number of hydrogen-bond donors (Lipinski definition) is 0. The number of amides is 1. The molecule has 3 heteroatoms. The molecule has 178 valence electrons. The van der Waals surface area contributed by atoms with Gasteiger partial charge in [-0.15, -0.1) is 0 Å². The lowest BCUT2D eigenvalue weighted by Crippen LogP contribution is -2.38. The Bertz CT molecular complexity index is 598. The molecular weight excluding hydrogens is 380 g/mol. The molecule has 0 radical (unpaired) electrons. The first-order valence-electron chi connectivity index (χ1n) is 12.8. The predicted molar refractivity (Wildman–Crippen MR) is 136 cm³/mol. The molecule has 0 N–H and O–H groups in total. The highest BCUT2D eigenvalue weighted by Crippen LogP contribution is 2.23. The molecule has 0 saturated carbocycles. The Morgan fingerprint density at radius 1 is 0.903 bits per heavy atom. The molecular formula is C28H50N2O. The van der Waals surface area contributed by atoms with E-state index in [0.717, 1.165) is 45.4 Å². The maximum Gasteiger partial charge on any atom is 0.223 e. The van der Waals surface area contributed by atoms with Crippen LogP contribution >= 0.6 is 0 Å². The quantitative estimate of drug-likeness (QED) is 0.275. The highest BCUT2D eigenvalue weighted by Gasteiger charge is 2.21. The molecule has 1 unspecified atom stereocenters. The Morgan fingerprint density at radius 3 is 2.06 bits per heavy atom. The zero-order valence-electron chi connectivity index (χ0n) is 21.7. The molecule has 0 aliphatic rings. The number of nitrogens with zero attached hydrogens (tertiary/aromatic N) is 2. The third-order valence-electron chi connectivity index (χ3n) is 6.51. The maximum atomic E-state index is 13.2. The Balaban J connectivity index is 2.77. The Morgan fingerprint density at radius 2 is 1.52 bits per heavy atom. The minimum Gasteiger partial charge on any atom is -0.336 e. The largest absolute Gasteiger partial charge is 0.336 e. The molecule has 1 aromatic carbocycles. The van der Waals surface area contributed by atoms with Gasteiger partial charge >= 0.3 is 0 Å². The average molecular weight is 431 g/mol.